The summed E-state index contributed by atoms with van der Waals surface area (Å²) in [4.78, 5) is 25.9. The Bertz CT molecular complexity index is 521. The van der Waals surface area contributed by atoms with Gasteiger partial charge in [0.25, 0.3) is 0 Å². The Kier molecular flexibility index (Phi) is 6.40. The molecule has 1 N–H and O–H groups in total. The van der Waals surface area contributed by atoms with Crippen molar-refractivity contribution in [2.24, 2.45) is 5.41 Å². The monoisotopic (exact) mass is 306 g/mol. The van der Waals surface area contributed by atoms with Gasteiger partial charge >= 0.3 is 0 Å². The second-order valence-corrected chi connectivity index (χ2v) is 6.43. The summed E-state index contributed by atoms with van der Waals surface area (Å²) in [6.45, 7) is 8.47. The molecule has 122 valence electrons. The van der Waals surface area contributed by atoms with Gasteiger partial charge in [-0.1, -0.05) is 26.8 Å². The van der Waals surface area contributed by atoms with Crippen LogP contribution in [0.5, 0.6) is 5.75 Å². The highest BCUT2D eigenvalue weighted by Crippen LogP contribution is 2.20. The van der Waals surface area contributed by atoms with E-state index in [0.717, 1.165) is 0 Å². The minimum Gasteiger partial charge on any atom is -0.497 e. The Balaban J connectivity index is 2.63. The average molecular weight is 306 g/mol. The topological polar surface area (TPSA) is 58.6 Å². The molecule has 0 spiro atoms. The predicted molar refractivity (Wildman–Crippen MR) is 87.9 cm³/mol. The molecule has 1 aromatic rings. The van der Waals surface area contributed by atoms with Crippen molar-refractivity contribution in [3.8, 4) is 5.75 Å². The van der Waals surface area contributed by atoms with Crippen molar-refractivity contribution >= 4 is 17.5 Å². The van der Waals surface area contributed by atoms with E-state index in [2.05, 4.69) is 5.32 Å². The largest absolute Gasteiger partial charge is 0.497 e. The fourth-order valence-electron chi connectivity index (χ4n) is 2.02. The van der Waals surface area contributed by atoms with Crippen LogP contribution in [-0.4, -0.2) is 36.9 Å². The van der Waals surface area contributed by atoms with Gasteiger partial charge in [0.1, 0.15) is 5.75 Å². The second-order valence-electron chi connectivity index (χ2n) is 6.43. The van der Waals surface area contributed by atoms with Gasteiger partial charge in [-0.3, -0.25) is 9.59 Å². The molecular formula is C17H26N2O3. The lowest BCUT2D eigenvalue weighted by Gasteiger charge is -2.25. The molecule has 0 fully saturated rings. The average Bonchev–Trinajstić information content (AvgIpc) is 2.43. The summed E-state index contributed by atoms with van der Waals surface area (Å²) < 4.78 is 5.12. The lowest BCUT2D eigenvalue weighted by atomic mass is 9.91. The lowest BCUT2D eigenvalue weighted by Crippen LogP contribution is -2.39. The summed E-state index contributed by atoms with van der Waals surface area (Å²) in [6, 6.07) is 7.14. The highest BCUT2D eigenvalue weighted by atomic mass is 16.5. The minimum atomic E-state index is -0.211. The molecule has 0 unspecified atom stereocenters. The van der Waals surface area contributed by atoms with Crippen LogP contribution in [0.1, 0.15) is 34.1 Å². The van der Waals surface area contributed by atoms with E-state index in [1.54, 1.807) is 36.3 Å². The molecule has 0 saturated heterocycles. The summed E-state index contributed by atoms with van der Waals surface area (Å²) in [7, 11) is 1.57. The van der Waals surface area contributed by atoms with E-state index < -0.39 is 0 Å². The third-order valence-electron chi connectivity index (χ3n) is 3.10. The maximum atomic E-state index is 12.2. The molecule has 0 aliphatic carbocycles. The number of rotatable bonds is 6. The fraction of sp³-hybridized carbons (Fsp3) is 0.529. The van der Waals surface area contributed by atoms with Gasteiger partial charge in [-0.2, -0.15) is 0 Å². The molecule has 22 heavy (non-hydrogen) atoms. The highest BCUT2D eigenvalue weighted by Gasteiger charge is 2.21. The van der Waals surface area contributed by atoms with E-state index >= 15 is 0 Å². The first-order valence-corrected chi connectivity index (χ1v) is 7.47. The molecule has 2 amide bonds. The van der Waals surface area contributed by atoms with Crippen LogP contribution in [0.2, 0.25) is 0 Å². The van der Waals surface area contributed by atoms with Crippen LogP contribution in [0, 0.1) is 5.41 Å². The lowest BCUT2D eigenvalue weighted by molar-refractivity contribution is -0.136. The summed E-state index contributed by atoms with van der Waals surface area (Å²) in [5.74, 6) is 0.460. The molecule has 0 aliphatic heterocycles. The summed E-state index contributed by atoms with van der Waals surface area (Å²) in [5, 5.41) is 2.79. The number of ether oxygens (including phenoxy) is 1. The first-order chi connectivity index (χ1) is 10.2. The van der Waals surface area contributed by atoms with Gasteiger partial charge in [-0.15, -0.1) is 0 Å². The highest BCUT2D eigenvalue weighted by molar-refractivity contribution is 5.94. The number of carbonyl (C=O) groups is 2. The normalized spacial score (nSPS) is 11.0. The number of hydrogen-bond acceptors (Lipinski definition) is 3. The third-order valence-corrected chi connectivity index (χ3v) is 3.10. The quantitative estimate of drug-likeness (QED) is 0.879. The molecule has 0 radical (unpaired) electrons. The van der Waals surface area contributed by atoms with Crippen molar-refractivity contribution in [1.29, 1.82) is 0 Å². The maximum Gasteiger partial charge on any atom is 0.243 e. The number of likely N-dealkylation sites (N-methyl/N-ethyl adjacent to an activating group) is 1. The zero-order chi connectivity index (χ0) is 16.8. The van der Waals surface area contributed by atoms with Crippen LogP contribution in [0.3, 0.4) is 0 Å². The third kappa shape index (κ3) is 6.16. The molecule has 0 heterocycles. The molecule has 5 heteroatoms. The first kappa shape index (κ1) is 18.0. The Morgan fingerprint density at radius 3 is 2.50 bits per heavy atom. The van der Waals surface area contributed by atoms with Gasteiger partial charge < -0.3 is 15.0 Å². The summed E-state index contributed by atoms with van der Waals surface area (Å²) in [6.07, 6.45) is 0.424. The molecule has 0 atom stereocenters. The van der Waals surface area contributed by atoms with Gasteiger partial charge in [0.2, 0.25) is 11.8 Å². The number of amides is 2. The zero-order valence-corrected chi connectivity index (χ0v) is 14.1. The van der Waals surface area contributed by atoms with E-state index in [1.807, 2.05) is 27.7 Å². The number of hydrogen-bond donors (Lipinski definition) is 1. The van der Waals surface area contributed by atoms with Crippen LogP contribution < -0.4 is 10.1 Å². The van der Waals surface area contributed by atoms with Crippen molar-refractivity contribution in [3.05, 3.63) is 24.3 Å². The predicted octanol–water partition coefficient (Wildman–Crippen LogP) is 2.92. The van der Waals surface area contributed by atoms with Gasteiger partial charge in [0.05, 0.1) is 13.7 Å². The van der Waals surface area contributed by atoms with Crippen LogP contribution in [0.25, 0.3) is 0 Å². The van der Waals surface area contributed by atoms with E-state index in [9.17, 15) is 9.59 Å². The first-order valence-electron chi connectivity index (χ1n) is 7.47. The molecule has 5 nitrogen and oxygen atoms in total. The van der Waals surface area contributed by atoms with Crippen LogP contribution in [0.15, 0.2) is 24.3 Å². The Labute approximate surface area is 132 Å². The van der Waals surface area contributed by atoms with Crippen molar-refractivity contribution in [2.75, 3.05) is 25.5 Å². The van der Waals surface area contributed by atoms with Crippen molar-refractivity contribution in [3.63, 3.8) is 0 Å². The van der Waals surface area contributed by atoms with E-state index in [-0.39, 0.29) is 23.8 Å². The summed E-state index contributed by atoms with van der Waals surface area (Å²) >= 11 is 0. The SMILES string of the molecule is CCN(CC(=O)Nc1cccc(OC)c1)C(=O)CC(C)(C)C. The second kappa shape index (κ2) is 7.82. The maximum absolute atomic E-state index is 12.2. The van der Waals surface area contributed by atoms with Crippen LogP contribution in [-0.2, 0) is 9.59 Å². The zero-order valence-electron chi connectivity index (χ0n) is 14.1. The number of benzene rings is 1. The molecule has 1 rings (SSSR count). The van der Waals surface area contributed by atoms with Crippen molar-refractivity contribution in [2.45, 2.75) is 34.1 Å². The molecule has 0 aromatic heterocycles. The van der Waals surface area contributed by atoms with Gasteiger partial charge in [0.15, 0.2) is 0 Å². The fourth-order valence-corrected chi connectivity index (χ4v) is 2.02. The molecule has 0 aliphatic rings. The Morgan fingerprint density at radius 2 is 1.95 bits per heavy atom. The number of anilines is 1. The smallest absolute Gasteiger partial charge is 0.243 e. The number of nitrogens with zero attached hydrogens (tertiary/aromatic N) is 1. The van der Waals surface area contributed by atoms with Crippen molar-refractivity contribution in [1.82, 2.24) is 4.90 Å². The van der Waals surface area contributed by atoms with Crippen LogP contribution >= 0.6 is 0 Å². The Hall–Kier alpha value is -2.04. The van der Waals surface area contributed by atoms with Gasteiger partial charge in [0, 0.05) is 24.7 Å². The van der Waals surface area contributed by atoms with E-state index in [1.165, 1.54) is 0 Å². The van der Waals surface area contributed by atoms with Gasteiger partial charge in [-0.05, 0) is 24.5 Å². The van der Waals surface area contributed by atoms with Gasteiger partial charge in [-0.25, -0.2) is 0 Å². The van der Waals surface area contributed by atoms with E-state index in [0.29, 0.717) is 24.4 Å². The Morgan fingerprint density at radius 1 is 1.27 bits per heavy atom. The number of carbonyl (C=O) groups excluding carboxylic acids is 2. The van der Waals surface area contributed by atoms with Crippen LogP contribution in [0.4, 0.5) is 5.69 Å². The van der Waals surface area contributed by atoms with Crippen molar-refractivity contribution < 1.29 is 14.3 Å². The molecule has 0 saturated carbocycles. The standard InChI is InChI=1S/C17H26N2O3/c1-6-19(16(21)11-17(2,3)4)12-15(20)18-13-8-7-9-14(10-13)22-5/h7-10H,6,11-12H2,1-5H3,(H,18,20). The summed E-state index contributed by atoms with van der Waals surface area (Å²) in [5.41, 5.74) is 0.567. The molecule has 1 aromatic carbocycles. The number of nitrogens with one attached hydrogen (secondary N) is 1. The molecule has 0 bridgehead atoms. The number of methoxy groups -OCH3 is 1. The van der Waals surface area contributed by atoms with E-state index in [4.69, 9.17) is 4.74 Å². The molecular weight excluding hydrogens is 280 g/mol. The minimum absolute atomic E-state index is 0.00390.